The van der Waals surface area contributed by atoms with E-state index in [1.54, 1.807) is 0 Å². The Morgan fingerprint density at radius 1 is 1.41 bits per heavy atom. The molecule has 90 valence electrons. The van der Waals surface area contributed by atoms with E-state index < -0.39 is 0 Å². The van der Waals surface area contributed by atoms with E-state index in [9.17, 15) is 4.79 Å². The quantitative estimate of drug-likeness (QED) is 0.789. The predicted octanol–water partition coefficient (Wildman–Crippen LogP) is 2.37. The first kappa shape index (κ1) is 13.3. The first-order valence-corrected chi connectivity index (χ1v) is 5.82. The van der Waals surface area contributed by atoms with Crippen LogP contribution >= 0.6 is 0 Å². The van der Waals surface area contributed by atoms with Crippen LogP contribution in [0, 0.1) is 26.2 Å². The summed E-state index contributed by atoms with van der Waals surface area (Å²) in [6, 6.07) is 6.14. The molecule has 1 aromatic rings. The molecule has 0 aromatic heterocycles. The first-order chi connectivity index (χ1) is 8.02. The van der Waals surface area contributed by atoms with Crippen LogP contribution in [0.25, 0.3) is 0 Å². The Labute approximate surface area is 103 Å². The van der Waals surface area contributed by atoms with Gasteiger partial charge in [-0.15, -0.1) is 12.3 Å². The molecule has 0 spiro atoms. The van der Waals surface area contributed by atoms with Crippen molar-refractivity contribution >= 4 is 5.91 Å². The number of hydrogen-bond acceptors (Lipinski definition) is 1. The summed E-state index contributed by atoms with van der Waals surface area (Å²) < 4.78 is 0. The highest BCUT2D eigenvalue weighted by atomic mass is 16.1. The van der Waals surface area contributed by atoms with Crippen molar-refractivity contribution in [3.05, 3.63) is 34.9 Å². The summed E-state index contributed by atoms with van der Waals surface area (Å²) in [6.07, 6.45) is 6.17. The summed E-state index contributed by atoms with van der Waals surface area (Å²) in [4.78, 5) is 11.7. The van der Waals surface area contributed by atoms with Crippen molar-refractivity contribution in [1.29, 1.82) is 0 Å². The number of carbonyl (C=O) groups excluding carboxylic acids is 1. The van der Waals surface area contributed by atoms with Gasteiger partial charge in [-0.2, -0.15) is 0 Å². The molecule has 17 heavy (non-hydrogen) atoms. The normalized spacial score (nSPS) is 11.6. The number of benzene rings is 1. The molecule has 1 atom stereocenters. The highest BCUT2D eigenvalue weighted by Crippen LogP contribution is 2.10. The molecule has 0 aliphatic heterocycles. The lowest BCUT2D eigenvalue weighted by atomic mass is 10.0. The van der Waals surface area contributed by atoms with E-state index in [0.29, 0.717) is 12.8 Å². The average molecular weight is 229 g/mol. The summed E-state index contributed by atoms with van der Waals surface area (Å²) in [7, 11) is 0. The zero-order valence-corrected chi connectivity index (χ0v) is 10.7. The molecule has 1 N–H and O–H groups in total. The van der Waals surface area contributed by atoms with Crippen molar-refractivity contribution in [2.45, 2.75) is 39.7 Å². The summed E-state index contributed by atoms with van der Waals surface area (Å²) >= 11 is 0. The second kappa shape index (κ2) is 6.10. The van der Waals surface area contributed by atoms with Gasteiger partial charge in [-0.05, 0) is 37.5 Å². The van der Waals surface area contributed by atoms with E-state index >= 15 is 0 Å². The summed E-state index contributed by atoms with van der Waals surface area (Å²) in [6.45, 7) is 6.03. The van der Waals surface area contributed by atoms with Gasteiger partial charge in [0.15, 0.2) is 0 Å². The van der Waals surface area contributed by atoms with Gasteiger partial charge in [0.25, 0.3) is 0 Å². The molecule has 1 aromatic carbocycles. The molecule has 0 saturated carbocycles. The van der Waals surface area contributed by atoms with Crippen molar-refractivity contribution < 1.29 is 4.79 Å². The fourth-order valence-electron chi connectivity index (χ4n) is 1.65. The third kappa shape index (κ3) is 4.32. The molecule has 1 amide bonds. The summed E-state index contributed by atoms with van der Waals surface area (Å²) in [5, 5.41) is 2.88. The zero-order valence-electron chi connectivity index (χ0n) is 10.7. The molecular formula is C15H19NO. The Kier molecular flexibility index (Phi) is 4.78. The van der Waals surface area contributed by atoms with Crippen molar-refractivity contribution in [2.75, 3.05) is 0 Å². The minimum atomic E-state index is 0.0241. The lowest BCUT2D eigenvalue weighted by Gasteiger charge is -2.11. The van der Waals surface area contributed by atoms with Crippen LogP contribution < -0.4 is 5.32 Å². The van der Waals surface area contributed by atoms with Gasteiger partial charge >= 0.3 is 0 Å². The van der Waals surface area contributed by atoms with Crippen LogP contribution in [-0.2, 0) is 11.2 Å². The SMILES string of the molecule is C#CCC(C)NC(=O)Cc1ccc(C)c(C)c1. The van der Waals surface area contributed by atoms with E-state index in [0.717, 1.165) is 5.56 Å². The minimum absolute atomic E-state index is 0.0241. The average Bonchev–Trinajstić information content (AvgIpc) is 2.23. The van der Waals surface area contributed by atoms with Crippen LogP contribution in [0.15, 0.2) is 18.2 Å². The van der Waals surface area contributed by atoms with E-state index in [-0.39, 0.29) is 11.9 Å². The topological polar surface area (TPSA) is 29.1 Å². The van der Waals surface area contributed by atoms with Crippen molar-refractivity contribution in [1.82, 2.24) is 5.32 Å². The van der Waals surface area contributed by atoms with E-state index in [1.165, 1.54) is 11.1 Å². The minimum Gasteiger partial charge on any atom is -0.352 e. The van der Waals surface area contributed by atoms with Gasteiger partial charge in [0, 0.05) is 12.5 Å². The van der Waals surface area contributed by atoms with Gasteiger partial charge in [0.05, 0.1) is 6.42 Å². The Hall–Kier alpha value is -1.75. The molecule has 0 aliphatic carbocycles. The summed E-state index contributed by atoms with van der Waals surface area (Å²) in [5.74, 6) is 2.56. The molecule has 0 aliphatic rings. The molecule has 2 nitrogen and oxygen atoms in total. The Morgan fingerprint density at radius 2 is 2.12 bits per heavy atom. The fourth-order valence-corrected chi connectivity index (χ4v) is 1.65. The van der Waals surface area contributed by atoms with Crippen molar-refractivity contribution in [3.8, 4) is 12.3 Å². The lowest BCUT2D eigenvalue weighted by molar-refractivity contribution is -0.121. The number of terminal acetylenes is 1. The summed E-state index contributed by atoms with van der Waals surface area (Å²) in [5.41, 5.74) is 3.50. The third-order valence-corrected chi connectivity index (χ3v) is 2.77. The number of carbonyl (C=O) groups is 1. The van der Waals surface area contributed by atoms with Gasteiger partial charge in [0.2, 0.25) is 5.91 Å². The predicted molar refractivity (Wildman–Crippen MR) is 70.7 cm³/mol. The Balaban J connectivity index is 2.57. The fraction of sp³-hybridized carbons (Fsp3) is 0.400. The maximum absolute atomic E-state index is 11.7. The Bertz CT molecular complexity index is 443. The second-order valence-corrected chi connectivity index (χ2v) is 4.47. The molecule has 1 unspecified atom stereocenters. The molecular weight excluding hydrogens is 210 g/mol. The number of aryl methyl sites for hydroxylation is 2. The molecule has 2 heteroatoms. The smallest absolute Gasteiger partial charge is 0.224 e. The van der Waals surface area contributed by atoms with Gasteiger partial charge < -0.3 is 5.32 Å². The second-order valence-electron chi connectivity index (χ2n) is 4.47. The van der Waals surface area contributed by atoms with Crippen LogP contribution in [0.2, 0.25) is 0 Å². The molecule has 1 rings (SSSR count). The van der Waals surface area contributed by atoms with Gasteiger partial charge in [-0.3, -0.25) is 4.79 Å². The number of hydrogen-bond donors (Lipinski definition) is 1. The Morgan fingerprint density at radius 3 is 2.71 bits per heavy atom. The highest BCUT2D eigenvalue weighted by Gasteiger charge is 2.07. The maximum Gasteiger partial charge on any atom is 0.224 e. The lowest BCUT2D eigenvalue weighted by Crippen LogP contribution is -2.33. The van der Waals surface area contributed by atoms with E-state index in [1.807, 2.05) is 19.1 Å². The van der Waals surface area contributed by atoms with Crippen molar-refractivity contribution in [3.63, 3.8) is 0 Å². The molecule has 0 saturated heterocycles. The molecule has 0 radical (unpaired) electrons. The monoisotopic (exact) mass is 229 g/mol. The largest absolute Gasteiger partial charge is 0.352 e. The number of nitrogens with one attached hydrogen (secondary N) is 1. The zero-order chi connectivity index (χ0) is 12.8. The third-order valence-electron chi connectivity index (χ3n) is 2.77. The molecule has 0 heterocycles. The number of rotatable bonds is 4. The first-order valence-electron chi connectivity index (χ1n) is 5.82. The highest BCUT2D eigenvalue weighted by molar-refractivity contribution is 5.78. The van der Waals surface area contributed by atoms with E-state index in [2.05, 4.69) is 31.2 Å². The van der Waals surface area contributed by atoms with Crippen LogP contribution in [0.3, 0.4) is 0 Å². The number of amides is 1. The maximum atomic E-state index is 11.7. The molecule has 0 fully saturated rings. The van der Waals surface area contributed by atoms with E-state index in [4.69, 9.17) is 6.42 Å². The van der Waals surface area contributed by atoms with Crippen LogP contribution in [0.1, 0.15) is 30.0 Å². The van der Waals surface area contributed by atoms with Crippen molar-refractivity contribution in [2.24, 2.45) is 0 Å². The standard InChI is InChI=1S/C15H19NO/c1-5-6-13(4)16-15(17)10-14-8-7-11(2)12(3)9-14/h1,7-9,13H,6,10H2,2-4H3,(H,16,17). The van der Waals surface area contributed by atoms with Gasteiger partial charge in [-0.1, -0.05) is 18.2 Å². The van der Waals surface area contributed by atoms with Crippen LogP contribution in [0.5, 0.6) is 0 Å². The molecule has 0 bridgehead atoms. The van der Waals surface area contributed by atoms with Crippen LogP contribution in [0.4, 0.5) is 0 Å². The van der Waals surface area contributed by atoms with Crippen LogP contribution in [-0.4, -0.2) is 11.9 Å². The van der Waals surface area contributed by atoms with Gasteiger partial charge in [-0.25, -0.2) is 0 Å². The van der Waals surface area contributed by atoms with Gasteiger partial charge in [0.1, 0.15) is 0 Å².